The molecule has 0 aliphatic heterocycles. The summed E-state index contributed by atoms with van der Waals surface area (Å²) in [5, 5.41) is 9.58. The molecule has 1 unspecified atom stereocenters. The third kappa shape index (κ3) is 4.00. The Bertz CT molecular complexity index is 339. The quantitative estimate of drug-likeness (QED) is 0.825. The molecular formula is C14H24N2O. The lowest BCUT2D eigenvalue weighted by molar-refractivity contribution is 0.199. The molecule has 1 rings (SSSR count). The molecule has 3 nitrogen and oxygen atoms in total. The molecule has 0 spiro atoms. The van der Waals surface area contributed by atoms with Crippen LogP contribution in [-0.4, -0.2) is 23.2 Å². The van der Waals surface area contributed by atoms with Gasteiger partial charge >= 0.3 is 0 Å². The van der Waals surface area contributed by atoms with Crippen LogP contribution < -0.4 is 4.90 Å². The average molecular weight is 236 g/mol. The van der Waals surface area contributed by atoms with Gasteiger partial charge in [-0.2, -0.15) is 0 Å². The molecule has 96 valence electrons. The molecule has 1 aromatic rings. The van der Waals surface area contributed by atoms with Crippen LogP contribution in [0, 0.1) is 5.92 Å². The normalized spacial score (nSPS) is 14.4. The van der Waals surface area contributed by atoms with E-state index in [0.29, 0.717) is 5.92 Å². The second-order valence-electron chi connectivity index (χ2n) is 4.68. The summed E-state index contributed by atoms with van der Waals surface area (Å²) in [6.07, 6.45) is 2.52. The molecule has 1 heterocycles. The summed E-state index contributed by atoms with van der Waals surface area (Å²) in [6, 6.07) is 3.85. The SMILES string of the molecule is CCC(C)CN(CC)c1cc([C@@H](C)O)ccn1. The molecule has 0 radical (unpaired) electrons. The number of aliphatic hydroxyl groups excluding tert-OH is 1. The van der Waals surface area contributed by atoms with Gasteiger partial charge in [0.25, 0.3) is 0 Å². The predicted octanol–water partition coefficient (Wildman–Crippen LogP) is 3.01. The number of hydrogen-bond acceptors (Lipinski definition) is 3. The third-order valence-electron chi connectivity index (χ3n) is 3.19. The molecule has 0 saturated carbocycles. The van der Waals surface area contributed by atoms with Crippen molar-refractivity contribution in [3.63, 3.8) is 0 Å². The fourth-order valence-electron chi connectivity index (χ4n) is 1.76. The van der Waals surface area contributed by atoms with Crippen molar-refractivity contribution in [2.45, 2.75) is 40.2 Å². The van der Waals surface area contributed by atoms with Crippen LogP contribution in [0.15, 0.2) is 18.3 Å². The van der Waals surface area contributed by atoms with Crippen LogP contribution in [0.2, 0.25) is 0 Å². The molecule has 1 N–H and O–H groups in total. The molecular weight excluding hydrogens is 212 g/mol. The smallest absolute Gasteiger partial charge is 0.128 e. The Morgan fingerprint density at radius 2 is 2.06 bits per heavy atom. The van der Waals surface area contributed by atoms with E-state index in [1.165, 1.54) is 6.42 Å². The molecule has 0 aliphatic rings. The minimum atomic E-state index is -0.431. The Balaban J connectivity index is 2.84. The summed E-state index contributed by atoms with van der Waals surface area (Å²) in [7, 11) is 0. The van der Waals surface area contributed by atoms with Gasteiger partial charge in [0, 0.05) is 19.3 Å². The van der Waals surface area contributed by atoms with Crippen LogP contribution in [0.3, 0.4) is 0 Å². The average Bonchev–Trinajstić information content (AvgIpc) is 2.35. The molecule has 0 saturated heterocycles. The van der Waals surface area contributed by atoms with Gasteiger partial charge in [0.15, 0.2) is 0 Å². The van der Waals surface area contributed by atoms with Gasteiger partial charge < -0.3 is 10.0 Å². The van der Waals surface area contributed by atoms with E-state index >= 15 is 0 Å². The maximum absolute atomic E-state index is 9.58. The molecule has 2 atom stereocenters. The summed E-state index contributed by atoms with van der Waals surface area (Å²) in [4.78, 5) is 6.66. The van der Waals surface area contributed by atoms with Crippen LogP contribution in [-0.2, 0) is 0 Å². The van der Waals surface area contributed by atoms with Gasteiger partial charge in [-0.05, 0) is 37.5 Å². The lowest BCUT2D eigenvalue weighted by atomic mass is 10.1. The highest BCUT2D eigenvalue weighted by Crippen LogP contribution is 2.19. The van der Waals surface area contributed by atoms with Gasteiger partial charge in [-0.1, -0.05) is 20.3 Å². The van der Waals surface area contributed by atoms with Crippen molar-refractivity contribution < 1.29 is 5.11 Å². The molecule has 1 aromatic heterocycles. The van der Waals surface area contributed by atoms with Gasteiger partial charge in [-0.15, -0.1) is 0 Å². The highest BCUT2D eigenvalue weighted by molar-refractivity contribution is 5.41. The molecule has 3 heteroatoms. The number of pyridine rings is 1. The maximum Gasteiger partial charge on any atom is 0.128 e. The first kappa shape index (κ1) is 14.0. The lowest BCUT2D eigenvalue weighted by Crippen LogP contribution is -2.28. The van der Waals surface area contributed by atoms with Gasteiger partial charge in [-0.3, -0.25) is 0 Å². The van der Waals surface area contributed by atoms with E-state index in [9.17, 15) is 5.11 Å². The summed E-state index contributed by atoms with van der Waals surface area (Å²) in [5.41, 5.74) is 0.928. The zero-order chi connectivity index (χ0) is 12.8. The van der Waals surface area contributed by atoms with E-state index < -0.39 is 6.10 Å². The Hall–Kier alpha value is -1.09. The van der Waals surface area contributed by atoms with E-state index in [1.807, 2.05) is 12.1 Å². The van der Waals surface area contributed by atoms with Crippen molar-refractivity contribution in [3.8, 4) is 0 Å². The summed E-state index contributed by atoms with van der Waals surface area (Å²) >= 11 is 0. The number of hydrogen-bond donors (Lipinski definition) is 1. The van der Waals surface area contributed by atoms with E-state index in [4.69, 9.17) is 0 Å². The van der Waals surface area contributed by atoms with Crippen LogP contribution >= 0.6 is 0 Å². The monoisotopic (exact) mass is 236 g/mol. The summed E-state index contributed by atoms with van der Waals surface area (Å²) < 4.78 is 0. The van der Waals surface area contributed by atoms with Crippen molar-refractivity contribution in [1.82, 2.24) is 4.98 Å². The van der Waals surface area contributed by atoms with Crippen molar-refractivity contribution in [1.29, 1.82) is 0 Å². The largest absolute Gasteiger partial charge is 0.389 e. The molecule has 0 bridgehead atoms. The Labute approximate surface area is 104 Å². The number of nitrogens with zero attached hydrogens (tertiary/aromatic N) is 2. The second kappa shape index (κ2) is 6.60. The number of aliphatic hydroxyl groups is 1. The van der Waals surface area contributed by atoms with Crippen molar-refractivity contribution in [3.05, 3.63) is 23.9 Å². The molecule has 0 aromatic carbocycles. The lowest BCUT2D eigenvalue weighted by Gasteiger charge is -2.25. The van der Waals surface area contributed by atoms with E-state index in [0.717, 1.165) is 24.5 Å². The van der Waals surface area contributed by atoms with E-state index in [-0.39, 0.29) is 0 Å². The first-order valence-corrected chi connectivity index (χ1v) is 6.47. The van der Waals surface area contributed by atoms with Gasteiger partial charge in [0.1, 0.15) is 5.82 Å². The summed E-state index contributed by atoms with van der Waals surface area (Å²) in [5.74, 6) is 1.62. The fourth-order valence-corrected chi connectivity index (χ4v) is 1.76. The predicted molar refractivity (Wildman–Crippen MR) is 72.2 cm³/mol. The minimum absolute atomic E-state index is 0.431. The van der Waals surface area contributed by atoms with Crippen LogP contribution in [0.1, 0.15) is 45.8 Å². The number of aromatic nitrogens is 1. The second-order valence-corrected chi connectivity index (χ2v) is 4.68. The Morgan fingerprint density at radius 1 is 1.35 bits per heavy atom. The van der Waals surface area contributed by atoms with Crippen LogP contribution in [0.25, 0.3) is 0 Å². The highest BCUT2D eigenvalue weighted by atomic mass is 16.3. The maximum atomic E-state index is 9.58. The van der Waals surface area contributed by atoms with Crippen molar-refractivity contribution in [2.24, 2.45) is 5.92 Å². The molecule has 0 fully saturated rings. The fraction of sp³-hybridized carbons (Fsp3) is 0.643. The zero-order valence-corrected chi connectivity index (χ0v) is 11.3. The van der Waals surface area contributed by atoms with Crippen molar-refractivity contribution in [2.75, 3.05) is 18.0 Å². The number of anilines is 1. The minimum Gasteiger partial charge on any atom is -0.389 e. The van der Waals surface area contributed by atoms with E-state index in [2.05, 4.69) is 30.7 Å². The molecule has 0 aliphatic carbocycles. The van der Waals surface area contributed by atoms with Crippen LogP contribution in [0.5, 0.6) is 0 Å². The molecule has 0 amide bonds. The topological polar surface area (TPSA) is 36.4 Å². The third-order valence-corrected chi connectivity index (χ3v) is 3.19. The zero-order valence-electron chi connectivity index (χ0n) is 11.3. The Morgan fingerprint density at radius 3 is 2.59 bits per heavy atom. The first-order chi connectivity index (χ1) is 8.08. The first-order valence-electron chi connectivity index (χ1n) is 6.47. The Kier molecular flexibility index (Phi) is 5.42. The highest BCUT2D eigenvalue weighted by Gasteiger charge is 2.11. The van der Waals surface area contributed by atoms with Gasteiger partial charge in [0.2, 0.25) is 0 Å². The number of rotatable bonds is 6. The van der Waals surface area contributed by atoms with Gasteiger partial charge in [-0.25, -0.2) is 4.98 Å². The van der Waals surface area contributed by atoms with E-state index in [1.54, 1.807) is 13.1 Å². The summed E-state index contributed by atoms with van der Waals surface area (Å²) in [6.45, 7) is 10.3. The van der Waals surface area contributed by atoms with Crippen LogP contribution in [0.4, 0.5) is 5.82 Å². The molecule has 17 heavy (non-hydrogen) atoms. The van der Waals surface area contributed by atoms with Gasteiger partial charge in [0.05, 0.1) is 6.10 Å². The van der Waals surface area contributed by atoms with Crippen molar-refractivity contribution >= 4 is 5.82 Å². The standard InChI is InChI=1S/C14H24N2O/c1-5-11(3)10-16(6-2)14-9-13(12(4)17)7-8-15-14/h7-9,11-12,17H,5-6,10H2,1-4H3/t11?,12-/m1/s1.